The monoisotopic (exact) mass is 920 g/mol. The minimum absolute atomic E-state index is 0.158. The molecule has 11 nitrogen and oxygen atoms in total. The van der Waals surface area contributed by atoms with Gasteiger partial charge in [-0.15, -0.1) is 11.3 Å². The molecule has 0 radical (unpaired) electrons. The van der Waals surface area contributed by atoms with Crippen molar-refractivity contribution in [3.05, 3.63) is 125 Å². The number of aromatic nitrogens is 1. The van der Waals surface area contributed by atoms with Crippen LogP contribution in [-0.2, 0) is 36.2 Å². The molecule has 57 heavy (non-hydrogen) atoms. The number of anilines is 1. The minimum atomic E-state index is -2.67. The molecule has 2 aromatic heterocycles. The molecule has 0 bridgehead atoms. The molecule has 2 aromatic carbocycles. The lowest BCUT2D eigenvalue weighted by atomic mass is 9.75. The Kier molecular flexibility index (Phi) is 10.1. The summed E-state index contributed by atoms with van der Waals surface area (Å²) in [5.41, 5.74) is 2.45. The standard InChI is InChI=1S/C40H33BBr2F2N4O7S/c1-19-14-20(2)49(41(44)45)30(19)17-26-10-9-24(47-26)11-13-31(50)46-18-22-4-7-25(8-5-22)48-37(52)32-33-38(53)56-40(54)36-27(15-21(3)57-36)35(51)39(33,40)55-34(32)23-6-12-28(42)29(43)16-23/h4-10,12,14-17,32-34,54H,11,13,18H2,1-3H3,(H,46,50)(H,48,52)/b26-17-/t32-,33?,34-,39?,40?/m0/s1. The summed E-state index contributed by atoms with van der Waals surface area (Å²) in [7, 11) is -2.67. The number of fused-ring (bicyclic) bond motifs is 2. The van der Waals surface area contributed by atoms with E-state index in [1.54, 1.807) is 93.6 Å². The summed E-state index contributed by atoms with van der Waals surface area (Å²) in [5.74, 6) is -7.45. The smallest absolute Gasteiger partial charge is 0.424 e. The number of carbonyl (C=O) groups excluding carboxylic acids is 4. The maximum Gasteiger partial charge on any atom is 0.677 e. The minimum Gasteiger partial charge on any atom is -0.424 e. The van der Waals surface area contributed by atoms with E-state index in [0.29, 0.717) is 44.9 Å². The Morgan fingerprint density at radius 3 is 2.53 bits per heavy atom. The van der Waals surface area contributed by atoms with E-state index in [1.165, 1.54) is 0 Å². The zero-order valence-electron chi connectivity index (χ0n) is 30.6. The van der Waals surface area contributed by atoms with Gasteiger partial charge in [0.25, 0.3) is 5.79 Å². The lowest BCUT2D eigenvalue weighted by Gasteiger charge is -2.31. The number of carbonyl (C=O) groups is 4. The third-order valence-electron chi connectivity index (χ3n) is 10.7. The molecule has 292 valence electrons. The van der Waals surface area contributed by atoms with Gasteiger partial charge in [0.15, 0.2) is 0 Å². The first-order valence-electron chi connectivity index (χ1n) is 18.0. The Hall–Kier alpha value is -4.55. The summed E-state index contributed by atoms with van der Waals surface area (Å²) in [5, 5.41) is 17.7. The van der Waals surface area contributed by atoms with Crippen LogP contribution in [0.5, 0.6) is 0 Å². The highest BCUT2D eigenvalue weighted by atomic mass is 79.9. The highest BCUT2D eigenvalue weighted by Gasteiger charge is 2.83. The number of benzene rings is 2. The van der Waals surface area contributed by atoms with Crippen LogP contribution in [0.3, 0.4) is 0 Å². The second-order valence-electron chi connectivity index (χ2n) is 14.4. The molecule has 3 unspecified atom stereocenters. The number of rotatable bonds is 10. The van der Waals surface area contributed by atoms with E-state index in [9.17, 15) is 32.9 Å². The number of aliphatic imine (C=N–C) groups is 1. The first-order chi connectivity index (χ1) is 27.1. The maximum absolute atomic E-state index is 14.2. The van der Waals surface area contributed by atoms with Crippen LogP contribution in [0.1, 0.15) is 67.1 Å². The van der Waals surface area contributed by atoms with Gasteiger partial charge in [0.05, 0.1) is 22.6 Å². The fourth-order valence-electron chi connectivity index (χ4n) is 8.14. The van der Waals surface area contributed by atoms with Crippen molar-refractivity contribution in [2.45, 2.75) is 57.6 Å². The number of ether oxygens (including phenoxy) is 2. The third-order valence-corrected chi connectivity index (χ3v) is 13.8. The van der Waals surface area contributed by atoms with Crippen molar-refractivity contribution in [3.8, 4) is 0 Å². The number of hydrogen-bond donors (Lipinski definition) is 3. The molecule has 2 saturated heterocycles. The highest BCUT2D eigenvalue weighted by Crippen LogP contribution is 2.66. The van der Waals surface area contributed by atoms with Gasteiger partial charge in [-0.2, -0.15) is 0 Å². The van der Waals surface area contributed by atoms with E-state index in [1.807, 2.05) is 0 Å². The molecule has 0 saturated carbocycles. The van der Waals surface area contributed by atoms with Gasteiger partial charge in [-0.05, 0) is 130 Å². The molecule has 4 aromatic rings. The van der Waals surface area contributed by atoms with Gasteiger partial charge in [0, 0.05) is 55.1 Å². The van der Waals surface area contributed by atoms with Crippen molar-refractivity contribution in [2.75, 3.05) is 5.32 Å². The average molecular weight is 922 g/mol. The van der Waals surface area contributed by atoms with E-state index < -0.39 is 54.4 Å². The van der Waals surface area contributed by atoms with Crippen molar-refractivity contribution in [3.63, 3.8) is 0 Å². The molecular formula is C40H33BBr2F2N4O7S. The molecule has 17 heteroatoms. The molecule has 2 fully saturated rings. The summed E-state index contributed by atoms with van der Waals surface area (Å²) in [6.07, 6.45) is 4.52. The molecular weight excluding hydrogens is 889 g/mol. The van der Waals surface area contributed by atoms with E-state index >= 15 is 0 Å². The zero-order valence-corrected chi connectivity index (χ0v) is 34.6. The Labute approximate surface area is 346 Å². The SMILES string of the molecule is Cc1cc2c(s1)C1(O)OC(=O)C3[C@H](C(=O)Nc4ccc(CNC(=O)CCC5=N/C(=C\c6c(C)cc(C)n6B(F)F)C=C5)cc4)[C@H](c4ccc(Br)c(Br)c4)OC31C2=O. The van der Waals surface area contributed by atoms with E-state index in [2.05, 4.69) is 47.5 Å². The predicted molar refractivity (Wildman–Crippen MR) is 217 cm³/mol. The first-order valence-corrected chi connectivity index (χ1v) is 20.4. The summed E-state index contributed by atoms with van der Waals surface area (Å²) < 4.78 is 41.6. The number of nitrogens with one attached hydrogen (secondary N) is 2. The highest BCUT2D eigenvalue weighted by molar-refractivity contribution is 9.13. The molecule has 3 aliphatic heterocycles. The number of Topliss-reactive ketones (excluding diaryl/α,β-unsaturated/α-hetero) is 1. The third kappa shape index (κ3) is 6.56. The maximum atomic E-state index is 14.2. The molecule has 2 amide bonds. The van der Waals surface area contributed by atoms with Gasteiger partial charge in [0.2, 0.25) is 23.2 Å². The molecule has 5 heterocycles. The number of hydrogen-bond acceptors (Lipinski definition) is 9. The van der Waals surface area contributed by atoms with E-state index in [4.69, 9.17) is 9.47 Å². The van der Waals surface area contributed by atoms with Crippen LogP contribution in [0.4, 0.5) is 14.3 Å². The quantitative estimate of drug-likeness (QED) is 0.110. The number of aliphatic hydroxyl groups is 1. The number of esters is 1. The van der Waals surface area contributed by atoms with Gasteiger partial charge in [0.1, 0.15) is 5.92 Å². The molecule has 1 spiro atoms. The lowest BCUT2D eigenvalue weighted by Crippen LogP contribution is -2.53. The molecule has 4 aliphatic rings. The number of thiophene rings is 1. The van der Waals surface area contributed by atoms with Gasteiger partial charge >= 0.3 is 13.4 Å². The fraction of sp³-hybridized carbons (Fsp3) is 0.275. The zero-order chi connectivity index (χ0) is 40.6. The van der Waals surface area contributed by atoms with Crippen molar-refractivity contribution >= 4 is 91.6 Å². The van der Waals surface area contributed by atoms with Crippen LogP contribution in [0.25, 0.3) is 6.08 Å². The first kappa shape index (κ1) is 39.3. The molecule has 1 aliphatic carbocycles. The van der Waals surface area contributed by atoms with Crippen LogP contribution in [0.2, 0.25) is 0 Å². The molecule has 8 rings (SSSR count). The number of allylic oxidation sites excluding steroid dienone is 2. The van der Waals surface area contributed by atoms with Crippen molar-refractivity contribution in [2.24, 2.45) is 16.8 Å². The van der Waals surface area contributed by atoms with E-state index in [-0.39, 0.29) is 29.3 Å². The Morgan fingerprint density at radius 2 is 1.81 bits per heavy atom. The Morgan fingerprint density at radius 1 is 1.05 bits per heavy atom. The van der Waals surface area contributed by atoms with E-state index in [0.717, 1.165) is 36.3 Å². The molecule has 3 N–H and O–H groups in total. The summed E-state index contributed by atoms with van der Waals surface area (Å²) in [6.45, 7) is 5.38. The number of ketones is 1. The largest absolute Gasteiger partial charge is 0.677 e. The second-order valence-corrected chi connectivity index (χ2v) is 17.4. The van der Waals surface area contributed by atoms with Gasteiger partial charge in [-0.3, -0.25) is 32.8 Å². The van der Waals surface area contributed by atoms with Gasteiger partial charge < -0.3 is 29.7 Å². The van der Waals surface area contributed by atoms with Crippen molar-refractivity contribution in [1.29, 1.82) is 0 Å². The summed E-state index contributed by atoms with van der Waals surface area (Å²) in [4.78, 5) is 60.1. The van der Waals surface area contributed by atoms with Crippen LogP contribution in [-0.4, -0.2) is 51.9 Å². The number of aryl methyl sites for hydroxylation is 3. The summed E-state index contributed by atoms with van der Waals surface area (Å²) in [6, 6.07) is 15.3. The second kappa shape index (κ2) is 14.7. The Bertz CT molecular complexity index is 2480. The molecule has 5 atom stereocenters. The fourth-order valence-corrected chi connectivity index (χ4v) is 9.87. The number of amides is 2. The van der Waals surface area contributed by atoms with Crippen LogP contribution < -0.4 is 10.6 Å². The Balaban J connectivity index is 0.930. The van der Waals surface area contributed by atoms with Crippen LogP contribution in [0, 0.1) is 32.6 Å². The van der Waals surface area contributed by atoms with Crippen molar-refractivity contribution in [1.82, 2.24) is 9.79 Å². The normalized spacial score (nSPS) is 25.0. The number of nitrogens with zero attached hydrogens (tertiary/aromatic N) is 2. The summed E-state index contributed by atoms with van der Waals surface area (Å²) >= 11 is 8.07. The lowest BCUT2D eigenvalue weighted by molar-refractivity contribution is -0.251. The average Bonchev–Trinajstić information content (AvgIpc) is 3.99. The van der Waals surface area contributed by atoms with Crippen LogP contribution >= 0.6 is 43.2 Å². The van der Waals surface area contributed by atoms with Gasteiger partial charge in [-0.1, -0.05) is 18.2 Å². The van der Waals surface area contributed by atoms with Crippen molar-refractivity contribution < 1.29 is 42.4 Å². The number of halogens is 4. The van der Waals surface area contributed by atoms with Gasteiger partial charge in [-0.25, -0.2) is 0 Å². The topological polar surface area (TPSA) is 148 Å². The predicted octanol–water partition coefficient (Wildman–Crippen LogP) is 7.50. The van der Waals surface area contributed by atoms with Crippen LogP contribution in [0.15, 0.2) is 86.4 Å².